The highest BCUT2D eigenvalue weighted by molar-refractivity contribution is 4.94. The standard InChI is InChI=1S/C13H24O/c1-2-3-4-5-10-6-11(10)7-12-8-13(12)9-14/h10-14H,2-9H2,1H3/t10-,11?,12+,13+/m0/s1. The molecule has 2 aliphatic carbocycles. The summed E-state index contributed by atoms with van der Waals surface area (Å²) in [5.41, 5.74) is 0. The third-order valence-corrected chi connectivity index (χ3v) is 4.16. The van der Waals surface area contributed by atoms with Crippen molar-refractivity contribution in [1.82, 2.24) is 0 Å². The highest BCUT2D eigenvalue weighted by atomic mass is 16.3. The number of hydrogen-bond donors (Lipinski definition) is 1. The Bertz CT molecular complexity index is 178. The van der Waals surface area contributed by atoms with Crippen LogP contribution in [0.5, 0.6) is 0 Å². The third-order valence-electron chi connectivity index (χ3n) is 4.16. The van der Waals surface area contributed by atoms with Crippen LogP contribution in [-0.2, 0) is 0 Å². The molecule has 0 amide bonds. The summed E-state index contributed by atoms with van der Waals surface area (Å²) in [4.78, 5) is 0. The summed E-state index contributed by atoms with van der Waals surface area (Å²) in [6.45, 7) is 2.72. The van der Waals surface area contributed by atoms with E-state index in [4.69, 9.17) is 5.11 Å². The number of aliphatic hydroxyl groups is 1. The molecule has 0 heterocycles. The predicted octanol–water partition coefficient (Wildman–Crippen LogP) is 3.22. The fourth-order valence-corrected chi connectivity index (χ4v) is 2.82. The Morgan fingerprint density at radius 1 is 1.00 bits per heavy atom. The Morgan fingerprint density at radius 3 is 2.36 bits per heavy atom. The smallest absolute Gasteiger partial charge is 0.0462 e. The average Bonchev–Trinajstić information content (AvgIpc) is 3.06. The van der Waals surface area contributed by atoms with Crippen LogP contribution in [0.1, 0.15) is 51.9 Å². The van der Waals surface area contributed by atoms with Gasteiger partial charge in [-0.2, -0.15) is 0 Å². The van der Waals surface area contributed by atoms with Crippen molar-refractivity contribution < 1.29 is 5.11 Å². The first kappa shape index (κ1) is 10.5. The lowest BCUT2D eigenvalue weighted by molar-refractivity contribution is 0.266. The van der Waals surface area contributed by atoms with Gasteiger partial charge in [0, 0.05) is 6.61 Å². The van der Waals surface area contributed by atoms with Crippen LogP contribution < -0.4 is 0 Å². The number of unbranched alkanes of at least 4 members (excludes halogenated alkanes) is 2. The molecule has 82 valence electrons. The van der Waals surface area contributed by atoms with E-state index in [1.54, 1.807) is 0 Å². The summed E-state index contributed by atoms with van der Waals surface area (Å²) >= 11 is 0. The van der Waals surface area contributed by atoms with Crippen LogP contribution in [0.4, 0.5) is 0 Å². The minimum Gasteiger partial charge on any atom is -0.396 e. The monoisotopic (exact) mass is 196 g/mol. The van der Waals surface area contributed by atoms with Gasteiger partial charge < -0.3 is 5.11 Å². The van der Waals surface area contributed by atoms with Gasteiger partial charge >= 0.3 is 0 Å². The van der Waals surface area contributed by atoms with E-state index in [1.807, 2.05) is 0 Å². The first-order valence-electron chi connectivity index (χ1n) is 6.46. The molecule has 0 radical (unpaired) electrons. The molecule has 1 nitrogen and oxygen atoms in total. The van der Waals surface area contributed by atoms with Crippen molar-refractivity contribution in [3.05, 3.63) is 0 Å². The topological polar surface area (TPSA) is 20.2 Å². The Kier molecular flexibility index (Phi) is 3.48. The minimum absolute atomic E-state index is 0.442. The van der Waals surface area contributed by atoms with E-state index in [-0.39, 0.29) is 0 Å². The molecule has 1 N–H and O–H groups in total. The molecule has 0 saturated heterocycles. The molecule has 0 bridgehead atoms. The molecular formula is C13H24O. The molecule has 2 aliphatic rings. The Morgan fingerprint density at radius 2 is 1.71 bits per heavy atom. The number of rotatable bonds is 7. The molecule has 0 aromatic rings. The average molecular weight is 196 g/mol. The van der Waals surface area contributed by atoms with Gasteiger partial charge in [-0.25, -0.2) is 0 Å². The van der Waals surface area contributed by atoms with Gasteiger partial charge in [-0.15, -0.1) is 0 Å². The zero-order valence-corrected chi connectivity index (χ0v) is 9.41. The number of aliphatic hydroxyl groups excluding tert-OH is 1. The van der Waals surface area contributed by atoms with Crippen LogP contribution in [0.25, 0.3) is 0 Å². The van der Waals surface area contributed by atoms with Gasteiger partial charge in [0.2, 0.25) is 0 Å². The van der Waals surface area contributed by atoms with Gasteiger partial charge in [0.05, 0.1) is 0 Å². The molecular weight excluding hydrogens is 172 g/mol. The van der Waals surface area contributed by atoms with E-state index in [9.17, 15) is 0 Å². The number of hydrogen-bond acceptors (Lipinski definition) is 1. The van der Waals surface area contributed by atoms with Crippen LogP contribution in [0.3, 0.4) is 0 Å². The molecule has 0 aliphatic heterocycles. The van der Waals surface area contributed by atoms with Gasteiger partial charge in [-0.1, -0.05) is 32.6 Å². The van der Waals surface area contributed by atoms with Gasteiger partial charge in [0.25, 0.3) is 0 Å². The van der Waals surface area contributed by atoms with Crippen LogP contribution >= 0.6 is 0 Å². The van der Waals surface area contributed by atoms with Crippen molar-refractivity contribution in [1.29, 1.82) is 0 Å². The Balaban J connectivity index is 1.50. The minimum atomic E-state index is 0.442. The summed E-state index contributed by atoms with van der Waals surface area (Å²) in [6.07, 6.45) is 9.95. The Hall–Kier alpha value is -0.0400. The second-order valence-corrected chi connectivity index (χ2v) is 5.43. The maximum absolute atomic E-state index is 8.95. The first-order valence-corrected chi connectivity index (χ1v) is 6.46. The van der Waals surface area contributed by atoms with Crippen LogP contribution in [0.2, 0.25) is 0 Å². The van der Waals surface area contributed by atoms with Crippen molar-refractivity contribution in [2.45, 2.75) is 51.9 Å². The van der Waals surface area contributed by atoms with Crippen molar-refractivity contribution in [2.75, 3.05) is 6.61 Å². The lowest BCUT2D eigenvalue weighted by Crippen LogP contribution is -1.91. The third kappa shape index (κ3) is 2.73. The van der Waals surface area contributed by atoms with Crippen LogP contribution in [-0.4, -0.2) is 11.7 Å². The van der Waals surface area contributed by atoms with E-state index < -0.39 is 0 Å². The van der Waals surface area contributed by atoms with Gasteiger partial charge in [-0.05, 0) is 42.9 Å². The lowest BCUT2D eigenvalue weighted by Gasteiger charge is -1.99. The summed E-state index contributed by atoms with van der Waals surface area (Å²) < 4.78 is 0. The fraction of sp³-hybridized carbons (Fsp3) is 1.00. The summed E-state index contributed by atoms with van der Waals surface area (Å²) in [5.74, 6) is 3.71. The highest BCUT2D eigenvalue weighted by Crippen LogP contribution is 2.53. The molecule has 2 fully saturated rings. The zero-order chi connectivity index (χ0) is 9.97. The second kappa shape index (κ2) is 4.65. The van der Waals surface area contributed by atoms with Gasteiger partial charge in [0.15, 0.2) is 0 Å². The fourth-order valence-electron chi connectivity index (χ4n) is 2.82. The maximum Gasteiger partial charge on any atom is 0.0462 e. The molecule has 14 heavy (non-hydrogen) atoms. The van der Waals surface area contributed by atoms with Crippen molar-refractivity contribution in [3.63, 3.8) is 0 Å². The zero-order valence-electron chi connectivity index (χ0n) is 9.41. The van der Waals surface area contributed by atoms with Gasteiger partial charge in [-0.3, -0.25) is 0 Å². The summed E-state index contributed by atoms with van der Waals surface area (Å²) in [5, 5.41) is 8.95. The quantitative estimate of drug-likeness (QED) is 0.620. The second-order valence-electron chi connectivity index (χ2n) is 5.43. The molecule has 2 saturated carbocycles. The van der Waals surface area contributed by atoms with E-state index >= 15 is 0 Å². The highest BCUT2D eigenvalue weighted by Gasteiger charge is 2.44. The molecule has 1 heteroatoms. The maximum atomic E-state index is 8.95. The van der Waals surface area contributed by atoms with E-state index in [0.717, 1.165) is 17.8 Å². The SMILES string of the molecule is CCCCC[C@H]1CC1C[C@@H]1C[C@@H]1CO. The molecule has 1 unspecified atom stereocenters. The van der Waals surface area contributed by atoms with Crippen LogP contribution in [0.15, 0.2) is 0 Å². The van der Waals surface area contributed by atoms with Crippen molar-refractivity contribution in [3.8, 4) is 0 Å². The van der Waals surface area contributed by atoms with Gasteiger partial charge in [0.1, 0.15) is 0 Å². The lowest BCUT2D eigenvalue weighted by atomic mass is 10.1. The van der Waals surface area contributed by atoms with Crippen molar-refractivity contribution in [2.24, 2.45) is 23.7 Å². The summed E-state index contributed by atoms with van der Waals surface area (Å²) in [6, 6.07) is 0. The Labute approximate surface area is 87.9 Å². The molecule has 2 rings (SSSR count). The van der Waals surface area contributed by atoms with E-state index in [1.165, 1.54) is 44.9 Å². The van der Waals surface area contributed by atoms with E-state index in [2.05, 4.69) is 6.92 Å². The predicted molar refractivity (Wildman–Crippen MR) is 59.0 cm³/mol. The van der Waals surface area contributed by atoms with E-state index in [0.29, 0.717) is 12.5 Å². The first-order chi connectivity index (χ1) is 6.85. The molecule has 0 aromatic heterocycles. The van der Waals surface area contributed by atoms with Crippen molar-refractivity contribution >= 4 is 0 Å². The largest absolute Gasteiger partial charge is 0.396 e. The molecule has 0 spiro atoms. The normalized spacial score (nSPS) is 39.9. The summed E-state index contributed by atoms with van der Waals surface area (Å²) in [7, 11) is 0. The molecule has 4 atom stereocenters. The van der Waals surface area contributed by atoms with Crippen LogP contribution in [0, 0.1) is 23.7 Å². The molecule has 0 aromatic carbocycles.